The fraction of sp³-hybridized carbons (Fsp3) is 0.160. The number of nitrogens with zero attached hydrogens (tertiary/aromatic N) is 1. The quantitative estimate of drug-likeness (QED) is 0.257. The van der Waals surface area contributed by atoms with E-state index in [2.05, 4.69) is 9.97 Å². The third-order valence-electron chi connectivity index (χ3n) is 4.88. The number of hydrogen-bond donors (Lipinski definition) is 1. The maximum Gasteiger partial charge on any atom is 0.331 e. The molecule has 9 heteroatoms. The van der Waals surface area contributed by atoms with Crippen molar-refractivity contribution in [2.45, 2.75) is 13.5 Å². The van der Waals surface area contributed by atoms with Gasteiger partial charge in [0.05, 0.1) is 24.1 Å². The fourth-order valence-corrected chi connectivity index (χ4v) is 4.65. The molecular formula is C25H21ClN2O5S. The molecule has 0 aliphatic rings. The van der Waals surface area contributed by atoms with Gasteiger partial charge in [-0.25, -0.2) is 9.78 Å². The Labute approximate surface area is 204 Å². The molecule has 2 aromatic carbocycles. The van der Waals surface area contributed by atoms with Crippen molar-refractivity contribution in [1.82, 2.24) is 9.97 Å². The number of esters is 1. The molecule has 2 heterocycles. The van der Waals surface area contributed by atoms with Crippen molar-refractivity contribution in [3.8, 4) is 22.6 Å². The van der Waals surface area contributed by atoms with E-state index in [4.69, 9.17) is 25.8 Å². The number of hydrogen-bond acceptors (Lipinski definition) is 7. The molecule has 174 valence electrons. The first kappa shape index (κ1) is 23.5. The van der Waals surface area contributed by atoms with E-state index in [0.717, 1.165) is 11.1 Å². The van der Waals surface area contributed by atoms with Crippen molar-refractivity contribution in [3.63, 3.8) is 0 Å². The van der Waals surface area contributed by atoms with Crippen LogP contribution in [0, 0.1) is 0 Å². The second-order valence-electron chi connectivity index (χ2n) is 7.12. The zero-order chi connectivity index (χ0) is 24.1. The molecule has 2 aromatic heterocycles. The Morgan fingerprint density at radius 2 is 2.03 bits per heavy atom. The molecule has 0 radical (unpaired) electrons. The second-order valence-corrected chi connectivity index (χ2v) is 8.38. The fourth-order valence-electron chi connectivity index (χ4n) is 3.39. The molecule has 0 saturated heterocycles. The second kappa shape index (κ2) is 10.5. The van der Waals surface area contributed by atoms with Gasteiger partial charge in [-0.1, -0.05) is 41.9 Å². The van der Waals surface area contributed by atoms with Crippen LogP contribution in [0.4, 0.5) is 0 Å². The highest BCUT2D eigenvalue weighted by Gasteiger charge is 2.14. The van der Waals surface area contributed by atoms with Crippen LogP contribution >= 0.6 is 22.9 Å². The van der Waals surface area contributed by atoms with Crippen LogP contribution in [0.1, 0.15) is 18.3 Å². The summed E-state index contributed by atoms with van der Waals surface area (Å²) < 4.78 is 16.0. The highest BCUT2D eigenvalue weighted by atomic mass is 35.5. The van der Waals surface area contributed by atoms with Crippen LogP contribution in [-0.2, 0) is 16.1 Å². The van der Waals surface area contributed by atoms with Gasteiger partial charge in [-0.05, 0) is 36.3 Å². The average Bonchev–Trinajstić information content (AvgIpc) is 3.27. The molecule has 0 fully saturated rings. The summed E-state index contributed by atoms with van der Waals surface area (Å²) in [6.45, 7) is 2.12. The summed E-state index contributed by atoms with van der Waals surface area (Å²) in [4.78, 5) is 32.7. The number of carbonyl (C=O) groups excluding carboxylic acids is 1. The Bertz CT molecular complexity index is 1410. The van der Waals surface area contributed by atoms with E-state index < -0.39 is 5.97 Å². The van der Waals surface area contributed by atoms with Crippen molar-refractivity contribution in [3.05, 3.63) is 80.7 Å². The average molecular weight is 497 g/mol. The lowest BCUT2D eigenvalue weighted by molar-refractivity contribution is -0.139. The SMILES string of the molecule is CCOc1cc(C=CC(=O)OCc2nc3scc(-c4ccccc4)c3c(=O)[nH]2)cc(Cl)c1OC. The minimum atomic E-state index is -0.594. The van der Waals surface area contributed by atoms with Gasteiger partial charge < -0.3 is 19.2 Å². The van der Waals surface area contributed by atoms with Crippen LogP contribution in [-0.4, -0.2) is 29.7 Å². The predicted octanol–water partition coefficient (Wildman–Crippen LogP) is 5.47. The molecule has 0 aliphatic carbocycles. The van der Waals surface area contributed by atoms with Crippen molar-refractivity contribution in [2.75, 3.05) is 13.7 Å². The third-order valence-corrected chi connectivity index (χ3v) is 6.03. The number of ether oxygens (including phenoxy) is 3. The number of methoxy groups -OCH3 is 1. The van der Waals surface area contributed by atoms with Gasteiger partial charge in [-0.15, -0.1) is 11.3 Å². The highest BCUT2D eigenvalue weighted by Crippen LogP contribution is 2.36. The van der Waals surface area contributed by atoms with Crippen LogP contribution in [0.25, 0.3) is 27.4 Å². The van der Waals surface area contributed by atoms with E-state index in [1.165, 1.54) is 24.5 Å². The summed E-state index contributed by atoms with van der Waals surface area (Å²) in [5, 5.41) is 2.78. The summed E-state index contributed by atoms with van der Waals surface area (Å²) in [5.41, 5.74) is 2.14. The summed E-state index contributed by atoms with van der Waals surface area (Å²) in [6, 6.07) is 13.0. The molecule has 34 heavy (non-hydrogen) atoms. The Hall–Kier alpha value is -3.62. The molecule has 0 aliphatic heterocycles. The summed E-state index contributed by atoms with van der Waals surface area (Å²) in [5.74, 6) is 0.583. The van der Waals surface area contributed by atoms with Gasteiger partial charge in [0, 0.05) is 17.0 Å². The van der Waals surface area contributed by atoms with Gasteiger partial charge in [0.25, 0.3) is 5.56 Å². The van der Waals surface area contributed by atoms with Crippen molar-refractivity contribution >= 4 is 45.2 Å². The maximum absolute atomic E-state index is 12.7. The lowest BCUT2D eigenvalue weighted by atomic mass is 10.1. The van der Waals surface area contributed by atoms with Gasteiger partial charge in [0.2, 0.25) is 0 Å². The van der Waals surface area contributed by atoms with Gasteiger partial charge in [0.1, 0.15) is 17.3 Å². The largest absolute Gasteiger partial charge is 0.491 e. The zero-order valence-electron chi connectivity index (χ0n) is 18.5. The Kier molecular flexibility index (Phi) is 7.30. The van der Waals surface area contributed by atoms with Crippen LogP contribution in [0.2, 0.25) is 5.02 Å². The van der Waals surface area contributed by atoms with Crippen LogP contribution in [0.3, 0.4) is 0 Å². The molecule has 1 N–H and O–H groups in total. The number of nitrogens with one attached hydrogen (secondary N) is 1. The third kappa shape index (κ3) is 5.13. The summed E-state index contributed by atoms with van der Waals surface area (Å²) in [7, 11) is 1.50. The molecule has 7 nitrogen and oxygen atoms in total. The van der Waals surface area contributed by atoms with E-state index in [-0.39, 0.29) is 18.0 Å². The first-order valence-corrected chi connectivity index (χ1v) is 11.7. The van der Waals surface area contributed by atoms with Crippen molar-refractivity contribution in [1.29, 1.82) is 0 Å². The van der Waals surface area contributed by atoms with Crippen LogP contribution in [0.5, 0.6) is 11.5 Å². The number of carbonyl (C=O) groups is 1. The molecule has 4 aromatic rings. The molecule has 0 bridgehead atoms. The Morgan fingerprint density at radius 3 is 2.76 bits per heavy atom. The van der Waals surface area contributed by atoms with Gasteiger partial charge in [0.15, 0.2) is 11.5 Å². The minimum Gasteiger partial charge on any atom is -0.491 e. The molecule has 4 rings (SSSR count). The summed E-state index contributed by atoms with van der Waals surface area (Å²) >= 11 is 7.60. The van der Waals surface area contributed by atoms with Gasteiger partial charge in [-0.2, -0.15) is 0 Å². The monoisotopic (exact) mass is 496 g/mol. The van der Waals surface area contributed by atoms with Crippen LogP contribution in [0.15, 0.2) is 58.7 Å². The number of thiophene rings is 1. The van der Waals surface area contributed by atoms with E-state index in [1.54, 1.807) is 18.2 Å². The molecule has 0 unspecified atom stereocenters. The molecular weight excluding hydrogens is 476 g/mol. The first-order chi connectivity index (χ1) is 16.5. The zero-order valence-corrected chi connectivity index (χ0v) is 20.0. The molecule has 0 amide bonds. The summed E-state index contributed by atoms with van der Waals surface area (Å²) in [6.07, 6.45) is 2.82. The number of halogens is 1. The highest BCUT2D eigenvalue weighted by molar-refractivity contribution is 7.17. The smallest absolute Gasteiger partial charge is 0.331 e. The number of aromatic amines is 1. The Morgan fingerprint density at radius 1 is 1.24 bits per heavy atom. The normalized spacial score (nSPS) is 11.1. The number of aromatic nitrogens is 2. The molecule has 0 atom stereocenters. The van der Waals surface area contributed by atoms with Gasteiger partial charge in [-0.3, -0.25) is 4.79 Å². The number of fused-ring (bicyclic) bond motifs is 1. The first-order valence-electron chi connectivity index (χ1n) is 10.4. The number of H-pyrrole nitrogens is 1. The van der Waals surface area contributed by atoms with Gasteiger partial charge >= 0.3 is 5.97 Å². The van der Waals surface area contributed by atoms with Crippen molar-refractivity contribution in [2.24, 2.45) is 0 Å². The van der Waals surface area contributed by atoms with E-state index >= 15 is 0 Å². The van der Waals surface area contributed by atoms with Crippen LogP contribution < -0.4 is 15.0 Å². The lowest BCUT2D eigenvalue weighted by Crippen LogP contribution is -2.13. The van der Waals surface area contributed by atoms with Crippen molar-refractivity contribution < 1.29 is 19.0 Å². The molecule has 0 spiro atoms. The topological polar surface area (TPSA) is 90.5 Å². The minimum absolute atomic E-state index is 0.166. The maximum atomic E-state index is 12.7. The van der Waals surface area contributed by atoms with E-state index in [0.29, 0.717) is 38.9 Å². The molecule has 0 saturated carbocycles. The Balaban J connectivity index is 1.47. The number of rotatable bonds is 8. The standard InChI is InChI=1S/C25H21ClN2O5S/c1-3-32-19-12-15(11-18(26)23(19)31-2)9-10-21(29)33-13-20-27-24(30)22-17(14-34-25(22)28-20)16-7-5-4-6-8-16/h4-12,14H,3,13H2,1-2H3,(H,27,28,30). The lowest BCUT2D eigenvalue weighted by Gasteiger charge is -2.11. The van der Waals surface area contributed by atoms with E-state index in [1.807, 2.05) is 42.6 Å². The van der Waals surface area contributed by atoms with E-state index in [9.17, 15) is 9.59 Å². The predicted molar refractivity (Wildman–Crippen MR) is 134 cm³/mol. The number of benzene rings is 2.